The second kappa shape index (κ2) is 7.82. The third-order valence-electron chi connectivity index (χ3n) is 5.08. The predicted octanol–water partition coefficient (Wildman–Crippen LogP) is 3.28. The number of amides is 2. The smallest absolute Gasteiger partial charge is 0.248 e. The Bertz CT molecular complexity index is 1130. The molecule has 152 valence electrons. The minimum Gasteiger partial charge on any atom is -0.366 e. The first kappa shape index (κ1) is 19.4. The summed E-state index contributed by atoms with van der Waals surface area (Å²) >= 11 is 0. The van der Waals surface area contributed by atoms with E-state index in [0.29, 0.717) is 23.8 Å². The van der Waals surface area contributed by atoms with E-state index in [4.69, 9.17) is 5.73 Å². The second-order valence-electron chi connectivity index (χ2n) is 7.21. The van der Waals surface area contributed by atoms with Crippen molar-refractivity contribution in [2.45, 2.75) is 19.8 Å². The average Bonchev–Trinajstić information content (AvgIpc) is 2.74. The third kappa shape index (κ3) is 3.93. The zero-order chi connectivity index (χ0) is 21.3. The lowest BCUT2D eigenvalue weighted by atomic mass is 10.0. The van der Waals surface area contributed by atoms with Gasteiger partial charge in [-0.2, -0.15) is 4.98 Å². The first-order chi connectivity index (χ1) is 14.4. The van der Waals surface area contributed by atoms with Crippen molar-refractivity contribution in [3.05, 3.63) is 65.4 Å². The summed E-state index contributed by atoms with van der Waals surface area (Å²) in [5, 5.41) is 6.47. The molecule has 0 spiro atoms. The summed E-state index contributed by atoms with van der Waals surface area (Å²) in [7, 11) is 1.80. The van der Waals surface area contributed by atoms with Crippen molar-refractivity contribution < 1.29 is 9.59 Å². The largest absolute Gasteiger partial charge is 0.366 e. The van der Waals surface area contributed by atoms with Crippen LogP contribution in [-0.2, 0) is 11.2 Å². The fourth-order valence-electron chi connectivity index (χ4n) is 3.35. The molecule has 0 radical (unpaired) electrons. The number of benzene rings is 2. The number of anilines is 5. The number of primary amides is 1. The van der Waals surface area contributed by atoms with E-state index in [1.807, 2.05) is 19.1 Å². The van der Waals surface area contributed by atoms with E-state index in [2.05, 4.69) is 26.7 Å². The van der Waals surface area contributed by atoms with E-state index in [1.54, 1.807) is 42.4 Å². The van der Waals surface area contributed by atoms with Crippen molar-refractivity contribution in [1.82, 2.24) is 9.97 Å². The summed E-state index contributed by atoms with van der Waals surface area (Å²) in [5.41, 5.74) is 10.3. The van der Waals surface area contributed by atoms with E-state index in [9.17, 15) is 9.59 Å². The summed E-state index contributed by atoms with van der Waals surface area (Å²) < 4.78 is 0. The number of hydrogen-bond donors (Lipinski definition) is 3. The number of aromatic nitrogens is 2. The molecule has 3 aromatic rings. The van der Waals surface area contributed by atoms with Gasteiger partial charge in [-0.15, -0.1) is 0 Å². The lowest BCUT2D eigenvalue weighted by Crippen LogP contribution is -2.31. The number of fused-ring (bicyclic) bond motifs is 1. The number of aryl methyl sites for hydroxylation is 2. The van der Waals surface area contributed by atoms with Gasteiger partial charge in [-0.25, -0.2) is 4.98 Å². The van der Waals surface area contributed by atoms with Crippen LogP contribution in [0.4, 0.5) is 28.8 Å². The molecule has 0 fully saturated rings. The quantitative estimate of drug-likeness (QED) is 0.604. The van der Waals surface area contributed by atoms with Gasteiger partial charge in [-0.3, -0.25) is 9.59 Å². The summed E-state index contributed by atoms with van der Waals surface area (Å²) in [6, 6.07) is 12.7. The van der Waals surface area contributed by atoms with Crippen LogP contribution in [0.3, 0.4) is 0 Å². The van der Waals surface area contributed by atoms with Crippen molar-refractivity contribution in [1.29, 1.82) is 0 Å². The number of nitrogens with two attached hydrogens (primary N) is 1. The van der Waals surface area contributed by atoms with Gasteiger partial charge in [-0.1, -0.05) is 0 Å². The minimum atomic E-state index is -0.472. The Morgan fingerprint density at radius 3 is 2.53 bits per heavy atom. The molecule has 2 heterocycles. The lowest BCUT2D eigenvalue weighted by Gasteiger charge is -2.26. The molecule has 1 aliphatic rings. The van der Waals surface area contributed by atoms with E-state index < -0.39 is 5.91 Å². The summed E-state index contributed by atoms with van der Waals surface area (Å²) in [5.74, 6) is 0.773. The Labute approximate surface area is 174 Å². The molecular formula is C22H22N6O2. The van der Waals surface area contributed by atoms with E-state index in [1.165, 1.54) is 0 Å². The summed E-state index contributed by atoms with van der Waals surface area (Å²) in [6.45, 7) is 1.93. The molecule has 8 nitrogen and oxygen atoms in total. The molecule has 30 heavy (non-hydrogen) atoms. The van der Waals surface area contributed by atoms with Gasteiger partial charge in [0, 0.05) is 47.9 Å². The monoisotopic (exact) mass is 402 g/mol. The van der Waals surface area contributed by atoms with Crippen LogP contribution in [0.1, 0.15) is 27.9 Å². The maximum absolute atomic E-state index is 11.9. The van der Waals surface area contributed by atoms with Crippen molar-refractivity contribution >= 4 is 40.6 Å². The van der Waals surface area contributed by atoms with Crippen LogP contribution in [0, 0.1) is 6.92 Å². The number of rotatable bonds is 5. The molecule has 0 bridgehead atoms. The van der Waals surface area contributed by atoms with Crippen molar-refractivity contribution in [2.75, 3.05) is 22.6 Å². The van der Waals surface area contributed by atoms with Crippen LogP contribution < -0.4 is 21.3 Å². The maximum atomic E-state index is 11.9. The number of hydrogen-bond acceptors (Lipinski definition) is 6. The normalized spacial score (nSPS) is 13.0. The first-order valence-corrected chi connectivity index (χ1v) is 9.58. The highest BCUT2D eigenvalue weighted by Gasteiger charge is 2.21. The van der Waals surface area contributed by atoms with Crippen molar-refractivity contribution in [3.63, 3.8) is 0 Å². The molecule has 4 N–H and O–H groups in total. The molecule has 2 amide bonds. The average molecular weight is 402 g/mol. The number of nitrogens with one attached hydrogen (secondary N) is 2. The van der Waals surface area contributed by atoms with Gasteiger partial charge in [0.1, 0.15) is 5.82 Å². The topological polar surface area (TPSA) is 113 Å². The second-order valence-corrected chi connectivity index (χ2v) is 7.21. The molecule has 0 unspecified atom stereocenters. The van der Waals surface area contributed by atoms with Gasteiger partial charge in [-0.05, 0) is 61.4 Å². The van der Waals surface area contributed by atoms with Crippen molar-refractivity contribution in [2.24, 2.45) is 5.73 Å². The lowest BCUT2D eigenvalue weighted by molar-refractivity contribution is -0.118. The highest BCUT2D eigenvalue weighted by molar-refractivity contribution is 5.96. The Kier molecular flexibility index (Phi) is 5.05. The fourth-order valence-corrected chi connectivity index (χ4v) is 3.35. The first-order valence-electron chi connectivity index (χ1n) is 9.58. The molecule has 2 aromatic carbocycles. The Hall–Kier alpha value is -3.94. The van der Waals surface area contributed by atoms with Gasteiger partial charge < -0.3 is 21.3 Å². The van der Waals surface area contributed by atoms with Crippen LogP contribution >= 0.6 is 0 Å². The molecule has 4 rings (SSSR count). The SMILES string of the molecule is Cc1cnc(Nc2ccc(C(N)=O)cc2)nc1Nc1ccc2c(c1)CCC(=O)N2C. The Morgan fingerprint density at radius 2 is 1.80 bits per heavy atom. The molecule has 0 aliphatic carbocycles. The van der Waals surface area contributed by atoms with Gasteiger partial charge in [0.05, 0.1) is 0 Å². The molecule has 0 saturated carbocycles. The Balaban J connectivity index is 1.54. The summed E-state index contributed by atoms with van der Waals surface area (Å²) in [4.78, 5) is 33.7. The van der Waals surface area contributed by atoms with Crippen LogP contribution in [0.5, 0.6) is 0 Å². The van der Waals surface area contributed by atoms with Crippen LogP contribution in [-0.4, -0.2) is 28.8 Å². The van der Waals surface area contributed by atoms with Crippen molar-refractivity contribution in [3.8, 4) is 0 Å². The number of carbonyl (C=O) groups is 2. The van der Waals surface area contributed by atoms with E-state index >= 15 is 0 Å². The predicted molar refractivity (Wildman–Crippen MR) is 116 cm³/mol. The van der Waals surface area contributed by atoms with Gasteiger partial charge in [0.2, 0.25) is 17.8 Å². The molecule has 0 saturated heterocycles. The van der Waals surface area contributed by atoms with Crippen LogP contribution in [0.25, 0.3) is 0 Å². The molecule has 1 aromatic heterocycles. The van der Waals surface area contributed by atoms with Gasteiger partial charge >= 0.3 is 0 Å². The highest BCUT2D eigenvalue weighted by Crippen LogP contribution is 2.30. The van der Waals surface area contributed by atoms with Gasteiger partial charge in [0.25, 0.3) is 0 Å². The molecule has 0 atom stereocenters. The maximum Gasteiger partial charge on any atom is 0.248 e. The van der Waals surface area contributed by atoms with Gasteiger partial charge in [0.15, 0.2) is 0 Å². The fraction of sp³-hybridized carbons (Fsp3) is 0.182. The minimum absolute atomic E-state index is 0.134. The molecular weight excluding hydrogens is 380 g/mol. The van der Waals surface area contributed by atoms with Crippen LogP contribution in [0.15, 0.2) is 48.7 Å². The van der Waals surface area contributed by atoms with E-state index in [-0.39, 0.29) is 5.91 Å². The number of nitrogens with zero attached hydrogens (tertiary/aromatic N) is 3. The highest BCUT2D eigenvalue weighted by atomic mass is 16.2. The third-order valence-corrected chi connectivity index (χ3v) is 5.08. The Morgan fingerprint density at radius 1 is 1.07 bits per heavy atom. The summed E-state index contributed by atoms with van der Waals surface area (Å²) in [6.07, 6.45) is 2.98. The molecule has 1 aliphatic heterocycles. The van der Waals surface area contributed by atoms with E-state index in [0.717, 1.165) is 34.6 Å². The zero-order valence-electron chi connectivity index (χ0n) is 16.8. The zero-order valence-corrected chi connectivity index (χ0v) is 16.8. The number of carbonyl (C=O) groups excluding carboxylic acids is 2. The standard InChI is InChI=1S/C22H22N6O2/c1-13-12-24-22(26-16-6-3-14(4-7-16)20(23)30)27-21(13)25-17-8-9-18-15(11-17)5-10-19(29)28(18)2/h3-4,6-9,11-12H,5,10H2,1-2H3,(H2,23,30)(H2,24,25,26,27). The molecule has 8 heteroatoms. The van der Waals surface area contributed by atoms with Crippen LogP contribution in [0.2, 0.25) is 0 Å².